The number of fused-ring (bicyclic) bond motifs is 1. The fourth-order valence-corrected chi connectivity index (χ4v) is 2.20. The van der Waals surface area contributed by atoms with Crippen LogP contribution in [-0.4, -0.2) is 19.6 Å². The second-order valence-electron chi connectivity index (χ2n) is 4.80. The number of aryl methyl sites for hydroxylation is 1. The lowest BCUT2D eigenvalue weighted by Crippen LogP contribution is -2.19. The predicted octanol–water partition coefficient (Wildman–Crippen LogP) is 2.30. The highest BCUT2D eigenvalue weighted by atomic mass is 35.5. The number of benzene rings is 1. The molecule has 0 unspecified atom stereocenters. The van der Waals surface area contributed by atoms with Crippen molar-refractivity contribution in [3.8, 4) is 0 Å². The molecule has 6 nitrogen and oxygen atoms in total. The molecule has 108 valence electrons. The number of aromatic nitrogens is 4. The second-order valence-corrected chi connectivity index (χ2v) is 5.23. The Morgan fingerprint density at radius 2 is 2.14 bits per heavy atom. The summed E-state index contributed by atoms with van der Waals surface area (Å²) in [6.07, 6.45) is 0. The molecule has 0 aliphatic rings. The van der Waals surface area contributed by atoms with Gasteiger partial charge < -0.3 is 5.32 Å². The van der Waals surface area contributed by atoms with Crippen molar-refractivity contribution in [1.82, 2.24) is 19.6 Å². The molecular formula is C14H14ClN5O. The largest absolute Gasteiger partial charge is 0.378 e. The van der Waals surface area contributed by atoms with Crippen molar-refractivity contribution in [2.45, 2.75) is 20.4 Å². The van der Waals surface area contributed by atoms with Gasteiger partial charge in [-0.25, -0.2) is 4.98 Å². The third-order valence-corrected chi connectivity index (χ3v) is 3.53. The van der Waals surface area contributed by atoms with Gasteiger partial charge in [-0.05, 0) is 32.0 Å². The Kier molecular flexibility index (Phi) is 3.39. The van der Waals surface area contributed by atoms with Gasteiger partial charge in [0.1, 0.15) is 5.82 Å². The Bertz CT molecular complexity index is 867. The maximum atomic E-state index is 12.1. The first-order valence-corrected chi connectivity index (χ1v) is 6.86. The van der Waals surface area contributed by atoms with E-state index in [9.17, 15) is 4.79 Å². The molecule has 0 amide bonds. The van der Waals surface area contributed by atoms with Crippen molar-refractivity contribution in [1.29, 1.82) is 0 Å². The predicted molar refractivity (Wildman–Crippen MR) is 81.9 cm³/mol. The molecular weight excluding hydrogens is 290 g/mol. The van der Waals surface area contributed by atoms with E-state index in [1.54, 1.807) is 13.8 Å². The third-order valence-electron chi connectivity index (χ3n) is 3.29. The minimum absolute atomic E-state index is 0.126. The molecule has 0 aliphatic carbocycles. The maximum Gasteiger partial charge on any atom is 0.277 e. The van der Waals surface area contributed by atoms with Crippen molar-refractivity contribution in [3.63, 3.8) is 0 Å². The van der Waals surface area contributed by atoms with E-state index in [1.165, 1.54) is 4.52 Å². The van der Waals surface area contributed by atoms with E-state index in [0.717, 1.165) is 5.69 Å². The van der Waals surface area contributed by atoms with E-state index in [0.29, 0.717) is 34.4 Å². The van der Waals surface area contributed by atoms with Crippen LogP contribution in [0.15, 0.2) is 29.1 Å². The van der Waals surface area contributed by atoms with Crippen LogP contribution in [0.4, 0.5) is 5.69 Å². The highest BCUT2D eigenvalue weighted by molar-refractivity contribution is 6.30. The van der Waals surface area contributed by atoms with E-state index in [4.69, 9.17) is 11.6 Å². The van der Waals surface area contributed by atoms with Gasteiger partial charge in [-0.15, -0.1) is 0 Å². The molecule has 7 heteroatoms. The maximum absolute atomic E-state index is 12.1. The van der Waals surface area contributed by atoms with Crippen molar-refractivity contribution in [3.05, 3.63) is 56.7 Å². The summed E-state index contributed by atoms with van der Waals surface area (Å²) in [5.74, 6) is 1.01. The van der Waals surface area contributed by atoms with Crippen molar-refractivity contribution >= 4 is 23.1 Å². The molecule has 0 spiro atoms. The Hall–Kier alpha value is -2.34. The van der Waals surface area contributed by atoms with Crippen LogP contribution in [0.5, 0.6) is 0 Å². The highest BCUT2D eigenvalue weighted by Gasteiger charge is 2.09. The minimum Gasteiger partial charge on any atom is -0.378 e. The molecule has 0 radical (unpaired) electrons. The molecule has 3 aromatic rings. The number of halogens is 1. The molecule has 0 saturated heterocycles. The number of rotatable bonds is 3. The van der Waals surface area contributed by atoms with E-state index in [2.05, 4.69) is 20.4 Å². The van der Waals surface area contributed by atoms with E-state index >= 15 is 0 Å². The van der Waals surface area contributed by atoms with Gasteiger partial charge in [0.15, 0.2) is 0 Å². The van der Waals surface area contributed by atoms with E-state index < -0.39 is 0 Å². The molecule has 0 saturated carbocycles. The van der Waals surface area contributed by atoms with Crippen molar-refractivity contribution in [2.75, 3.05) is 5.32 Å². The Balaban J connectivity index is 1.88. The standard InChI is InChI=1S/C14H14ClN5O/c1-8-9(2)17-14-18-12(19-20(14)13(8)21)7-16-11-5-3-4-10(15)6-11/h3-6,16H,7H2,1-2H3,(H,17,18,19). The van der Waals surface area contributed by atoms with Gasteiger partial charge in [0.2, 0.25) is 0 Å². The monoisotopic (exact) mass is 303 g/mol. The summed E-state index contributed by atoms with van der Waals surface area (Å²) in [5.41, 5.74) is 2.07. The van der Waals surface area contributed by atoms with Crippen LogP contribution in [0.1, 0.15) is 17.1 Å². The number of nitrogens with zero attached hydrogens (tertiary/aromatic N) is 3. The van der Waals surface area contributed by atoms with Crippen molar-refractivity contribution < 1.29 is 0 Å². The van der Waals surface area contributed by atoms with Crippen molar-refractivity contribution in [2.24, 2.45) is 0 Å². The van der Waals surface area contributed by atoms with Gasteiger partial charge in [-0.2, -0.15) is 9.50 Å². The van der Waals surface area contributed by atoms with Gasteiger partial charge in [-0.1, -0.05) is 17.7 Å². The van der Waals surface area contributed by atoms with Crippen LogP contribution in [0.2, 0.25) is 5.02 Å². The van der Waals surface area contributed by atoms with Crippen LogP contribution in [0.25, 0.3) is 5.78 Å². The first kappa shape index (κ1) is 13.6. The quantitative estimate of drug-likeness (QED) is 0.778. The van der Waals surface area contributed by atoms with E-state index in [1.807, 2.05) is 24.3 Å². The Morgan fingerprint density at radius 1 is 1.33 bits per heavy atom. The van der Waals surface area contributed by atoms with Crippen LogP contribution in [0, 0.1) is 13.8 Å². The van der Waals surface area contributed by atoms with Gasteiger partial charge in [0, 0.05) is 22.0 Å². The number of hydrogen-bond donors (Lipinski definition) is 2. The number of aromatic amines is 1. The molecule has 0 aliphatic heterocycles. The molecule has 21 heavy (non-hydrogen) atoms. The van der Waals surface area contributed by atoms with Crippen LogP contribution >= 0.6 is 11.6 Å². The molecule has 3 rings (SSSR count). The third kappa shape index (κ3) is 2.62. The molecule has 2 aromatic heterocycles. The summed E-state index contributed by atoms with van der Waals surface area (Å²) in [4.78, 5) is 20.7. The summed E-state index contributed by atoms with van der Waals surface area (Å²) in [7, 11) is 0. The first-order valence-electron chi connectivity index (χ1n) is 6.49. The minimum atomic E-state index is -0.126. The molecule has 0 bridgehead atoms. The molecule has 0 fully saturated rings. The lowest BCUT2D eigenvalue weighted by Gasteiger charge is -2.03. The van der Waals surface area contributed by atoms with Gasteiger partial charge in [-0.3, -0.25) is 9.89 Å². The zero-order valence-corrected chi connectivity index (χ0v) is 12.4. The fraction of sp³-hybridized carbons (Fsp3) is 0.214. The second kappa shape index (κ2) is 5.21. The summed E-state index contributed by atoms with van der Waals surface area (Å²) in [6, 6.07) is 7.40. The SMILES string of the molecule is Cc1nc2nc(CNc3cccc(Cl)c3)[nH]n2c(=O)c1C. The average Bonchev–Trinajstić information content (AvgIpc) is 2.86. The number of anilines is 1. The summed E-state index contributed by atoms with van der Waals surface area (Å²) >= 11 is 5.93. The van der Waals surface area contributed by atoms with Crippen LogP contribution in [0.3, 0.4) is 0 Å². The summed E-state index contributed by atoms with van der Waals surface area (Å²) in [5, 5.41) is 6.80. The molecule has 1 aromatic carbocycles. The average molecular weight is 304 g/mol. The number of hydrogen-bond acceptors (Lipinski definition) is 4. The smallest absolute Gasteiger partial charge is 0.277 e. The lowest BCUT2D eigenvalue weighted by molar-refractivity contribution is 0.841. The van der Waals surface area contributed by atoms with Crippen LogP contribution in [-0.2, 0) is 6.54 Å². The topological polar surface area (TPSA) is 75.1 Å². The van der Waals surface area contributed by atoms with Crippen LogP contribution < -0.4 is 10.9 Å². The van der Waals surface area contributed by atoms with Gasteiger partial charge in [0.25, 0.3) is 11.3 Å². The highest BCUT2D eigenvalue weighted by Crippen LogP contribution is 2.15. The van der Waals surface area contributed by atoms with E-state index in [-0.39, 0.29) is 5.56 Å². The molecule has 2 N–H and O–H groups in total. The first-order chi connectivity index (χ1) is 10.0. The number of nitrogens with one attached hydrogen (secondary N) is 2. The Labute approximate surface area is 125 Å². The molecule has 0 atom stereocenters. The summed E-state index contributed by atoms with van der Waals surface area (Å²) < 4.78 is 1.36. The zero-order valence-electron chi connectivity index (χ0n) is 11.6. The zero-order chi connectivity index (χ0) is 15.0. The number of H-pyrrole nitrogens is 1. The van der Waals surface area contributed by atoms with Gasteiger partial charge in [0.05, 0.1) is 6.54 Å². The normalized spacial score (nSPS) is 11.0. The van der Waals surface area contributed by atoms with Gasteiger partial charge >= 0.3 is 0 Å². The Morgan fingerprint density at radius 3 is 2.90 bits per heavy atom. The molecule has 2 heterocycles. The fourth-order valence-electron chi connectivity index (χ4n) is 2.01. The lowest BCUT2D eigenvalue weighted by atomic mass is 10.3. The summed E-state index contributed by atoms with van der Waals surface area (Å²) in [6.45, 7) is 4.00.